The van der Waals surface area contributed by atoms with Gasteiger partial charge in [-0.1, -0.05) is 12.8 Å². The summed E-state index contributed by atoms with van der Waals surface area (Å²) in [5.41, 5.74) is 0.584. The third kappa shape index (κ3) is 10.8. The summed E-state index contributed by atoms with van der Waals surface area (Å²) in [6, 6.07) is 0. The van der Waals surface area contributed by atoms with E-state index in [0.717, 1.165) is 6.54 Å². The molecular formula is C15H34N2. The van der Waals surface area contributed by atoms with Crippen LogP contribution in [0.15, 0.2) is 0 Å². The maximum Gasteiger partial charge on any atom is 0.0122 e. The van der Waals surface area contributed by atoms with Crippen LogP contribution in [0.5, 0.6) is 0 Å². The molecule has 0 amide bonds. The average molecular weight is 242 g/mol. The summed E-state index contributed by atoms with van der Waals surface area (Å²) in [6.45, 7) is 15.9. The van der Waals surface area contributed by atoms with Crippen LogP contribution in [0.25, 0.3) is 0 Å². The Hall–Kier alpha value is -0.0800. The predicted molar refractivity (Wildman–Crippen MR) is 78.6 cm³/mol. The molecule has 0 aromatic carbocycles. The molecule has 0 aliphatic carbocycles. The largest absolute Gasteiger partial charge is 0.312 e. The van der Waals surface area contributed by atoms with E-state index in [9.17, 15) is 0 Å². The number of hydrogen-bond acceptors (Lipinski definition) is 2. The zero-order chi connectivity index (χ0) is 13.5. The molecule has 17 heavy (non-hydrogen) atoms. The van der Waals surface area contributed by atoms with Crippen molar-refractivity contribution < 1.29 is 0 Å². The average Bonchev–Trinajstić information content (AvgIpc) is 2.12. The van der Waals surface area contributed by atoms with Crippen LogP contribution in [0, 0.1) is 0 Å². The molecule has 0 bridgehead atoms. The first-order chi connectivity index (χ1) is 7.63. The molecule has 0 saturated carbocycles. The zero-order valence-electron chi connectivity index (χ0n) is 13.2. The normalized spacial score (nSPS) is 13.4. The van der Waals surface area contributed by atoms with E-state index in [2.05, 4.69) is 58.8 Å². The Labute approximate surface area is 109 Å². The van der Waals surface area contributed by atoms with Crippen LogP contribution in [0.2, 0.25) is 0 Å². The van der Waals surface area contributed by atoms with E-state index in [1.807, 2.05) is 0 Å². The van der Waals surface area contributed by atoms with Crippen LogP contribution in [-0.2, 0) is 0 Å². The molecule has 0 unspecified atom stereocenters. The highest BCUT2D eigenvalue weighted by molar-refractivity contribution is 4.72. The van der Waals surface area contributed by atoms with Crippen molar-refractivity contribution in [2.24, 2.45) is 0 Å². The van der Waals surface area contributed by atoms with Gasteiger partial charge in [0.25, 0.3) is 0 Å². The van der Waals surface area contributed by atoms with Gasteiger partial charge in [0.15, 0.2) is 0 Å². The monoisotopic (exact) mass is 242 g/mol. The highest BCUT2D eigenvalue weighted by atomic mass is 15.1. The Morgan fingerprint density at radius 1 is 0.824 bits per heavy atom. The van der Waals surface area contributed by atoms with E-state index < -0.39 is 0 Å². The molecule has 0 aromatic rings. The molecule has 0 aromatic heterocycles. The quantitative estimate of drug-likeness (QED) is 0.685. The SMILES string of the molecule is CN(CCCCCCNC(C)(C)C)C(C)(C)C. The van der Waals surface area contributed by atoms with Crippen LogP contribution >= 0.6 is 0 Å². The standard InChI is InChI=1S/C15H34N2/c1-14(2,3)16-12-10-8-9-11-13-17(7)15(4,5)6/h16H,8-13H2,1-7H3. The molecule has 0 rings (SSSR count). The summed E-state index contributed by atoms with van der Waals surface area (Å²) in [5.74, 6) is 0. The van der Waals surface area contributed by atoms with E-state index in [1.54, 1.807) is 0 Å². The molecule has 0 aliphatic rings. The minimum Gasteiger partial charge on any atom is -0.312 e. The maximum atomic E-state index is 3.54. The van der Waals surface area contributed by atoms with Gasteiger partial charge in [-0.3, -0.25) is 0 Å². The Morgan fingerprint density at radius 2 is 1.35 bits per heavy atom. The minimum atomic E-state index is 0.270. The molecule has 0 saturated heterocycles. The summed E-state index contributed by atoms with van der Waals surface area (Å²) < 4.78 is 0. The lowest BCUT2D eigenvalue weighted by Crippen LogP contribution is -2.38. The molecule has 0 radical (unpaired) electrons. The van der Waals surface area contributed by atoms with Gasteiger partial charge < -0.3 is 10.2 Å². The van der Waals surface area contributed by atoms with Gasteiger partial charge in [0.1, 0.15) is 0 Å². The lowest BCUT2D eigenvalue weighted by atomic mass is 10.1. The molecule has 1 N–H and O–H groups in total. The van der Waals surface area contributed by atoms with Crippen LogP contribution in [0.4, 0.5) is 0 Å². The number of nitrogens with zero attached hydrogens (tertiary/aromatic N) is 1. The van der Waals surface area contributed by atoms with Crippen molar-refractivity contribution in [3.63, 3.8) is 0 Å². The number of unbranched alkanes of at least 4 members (excludes halogenated alkanes) is 3. The third-order valence-corrected chi connectivity index (χ3v) is 3.22. The number of nitrogens with one attached hydrogen (secondary N) is 1. The molecule has 0 spiro atoms. The molecule has 0 heterocycles. The summed E-state index contributed by atoms with van der Waals surface area (Å²) >= 11 is 0. The zero-order valence-corrected chi connectivity index (χ0v) is 13.2. The number of hydrogen-bond donors (Lipinski definition) is 1. The molecule has 0 fully saturated rings. The first kappa shape index (κ1) is 16.9. The predicted octanol–water partition coefficient (Wildman–Crippen LogP) is 3.67. The van der Waals surface area contributed by atoms with E-state index >= 15 is 0 Å². The van der Waals surface area contributed by atoms with Gasteiger partial charge in [0, 0.05) is 11.1 Å². The highest BCUT2D eigenvalue weighted by Gasteiger charge is 2.15. The van der Waals surface area contributed by atoms with E-state index in [1.165, 1.54) is 32.2 Å². The second kappa shape index (κ2) is 7.38. The summed E-state index contributed by atoms with van der Waals surface area (Å²) in [5, 5.41) is 3.54. The van der Waals surface area contributed by atoms with Gasteiger partial charge in [-0.2, -0.15) is 0 Å². The van der Waals surface area contributed by atoms with Crippen molar-refractivity contribution in [1.82, 2.24) is 10.2 Å². The minimum absolute atomic E-state index is 0.270. The molecule has 0 atom stereocenters. The fraction of sp³-hybridized carbons (Fsp3) is 1.00. The lowest BCUT2D eigenvalue weighted by Gasteiger charge is -2.31. The fourth-order valence-electron chi connectivity index (χ4n) is 1.63. The molecule has 2 heteroatoms. The molecule has 104 valence electrons. The Kier molecular flexibility index (Phi) is 7.34. The van der Waals surface area contributed by atoms with E-state index in [0.29, 0.717) is 5.54 Å². The summed E-state index contributed by atoms with van der Waals surface area (Å²) in [7, 11) is 2.22. The second-order valence-electron chi connectivity index (χ2n) is 7.18. The van der Waals surface area contributed by atoms with Crippen molar-refractivity contribution in [3.8, 4) is 0 Å². The summed E-state index contributed by atoms with van der Waals surface area (Å²) in [6.07, 6.45) is 5.33. The van der Waals surface area contributed by atoms with Crippen LogP contribution in [0.1, 0.15) is 67.2 Å². The molecular weight excluding hydrogens is 208 g/mol. The van der Waals surface area contributed by atoms with E-state index in [4.69, 9.17) is 0 Å². The smallest absolute Gasteiger partial charge is 0.0122 e. The van der Waals surface area contributed by atoms with Gasteiger partial charge in [-0.05, 0) is 74.5 Å². The maximum absolute atomic E-state index is 3.54. The van der Waals surface area contributed by atoms with Gasteiger partial charge in [-0.15, -0.1) is 0 Å². The fourth-order valence-corrected chi connectivity index (χ4v) is 1.63. The Morgan fingerprint density at radius 3 is 1.82 bits per heavy atom. The van der Waals surface area contributed by atoms with Crippen molar-refractivity contribution in [2.75, 3.05) is 20.1 Å². The first-order valence-electron chi connectivity index (χ1n) is 7.09. The molecule has 2 nitrogen and oxygen atoms in total. The van der Waals surface area contributed by atoms with Gasteiger partial charge in [0.2, 0.25) is 0 Å². The highest BCUT2D eigenvalue weighted by Crippen LogP contribution is 2.12. The van der Waals surface area contributed by atoms with Gasteiger partial charge >= 0.3 is 0 Å². The lowest BCUT2D eigenvalue weighted by molar-refractivity contribution is 0.172. The van der Waals surface area contributed by atoms with Crippen molar-refractivity contribution in [2.45, 2.75) is 78.3 Å². The van der Waals surface area contributed by atoms with Crippen LogP contribution in [0.3, 0.4) is 0 Å². The number of rotatable bonds is 7. The Bertz CT molecular complexity index is 186. The second-order valence-corrected chi connectivity index (χ2v) is 7.18. The Balaban J connectivity index is 3.36. The topological polar surface area (TPSA) is 15.3 Å². The van der Waals surface area contributed by atoms with Gasteiger partial charge in [0.05, 0.1) is 0 Å². The van der Waals surface area contributed by atoms with Gasteiger partial charge in [-0.25, -0.2) is 0 Å². The van der Waals surface area contributed by atoms with E-state index in [-0.39, 0.29) is 5.54 Å². The molecule has 0 aliphatic heterocycles. The van der Waals surface area contributed by atoms with Crippen LogP contribution in [-0.4, -0.2) is 36.1 Å². The van der Waals surface area contributed by atoms with Crippen molar-refractivity contribution in [1.29, 1.82) is 0 Å². The van der Waals surface area contributed by atoms with Crippen molar-refractivity contribution in [3.05, 3.63) is 0 Å². The van der Waals surface area contributed by atoms with Crippen LogP contribution < -0.4 is 5.32 Å². The summed E-state index contributed by atoms with van der Waals surface area (Å²) in [4.78, 5) is 2.44. The first-order valence-corrected chi connectivity index (χ1v) is 7.09. The van der Waals surface area contributed by atoms with Crippen molar-refractivity contribution >= 4 is 0 Å². The third-order valence-electron chi connectivity index (χ3n) is 3.22.